The zero-order valence-corrected chi connectivity index (χ0v) is 10.0. The molecule has 0 aliphatic carbocycles. The van der Waals surface area contributed by atoms with Gasteiger partial charge in [0.15, 0.2) is 0 Å². The molecule has 0 saturated carbocycles. The first-order valence-electron chi connectivity index (χ1n) is 5.49. The van der Waals surface area contributed by atoms with Crippen molar-refractivity contribution in [3.05, 3.63) is 24.0 Å². The van der Waals surface area contributed by atoms with Crippen molar-refractivity contribution in [3.8, 4) is 5.75 Å². The van der Waals surface area contributed by atoms with E-state index in [9.17, 15) is 4.79 Å². The summed E-state index contributed by atoms with van der Waals surface area (Å²) in [4.78, 5) is 14.3. The average Bonchev–Trinajstić information content (AvgIpc) is 2.29. The van der Waals surface area contributed by atoms with Crippen molar-refractivity contribution >= 4 is 5.97 Å². The summed E-state index contributed by atoms with van der Waals surface area (Å²) >= 11 is 0. The zero-order valence-electron chi connectivity index (χ0n) is 10.0. The molecule has 1 N–H and O–H groups in total. The molecule has 0 atom stereocenters. The molecule has 0 saturated heterocycles. The van der Waals surface area contributed by atoms with Gasteiger partial charge < -0.3 is 14.6 Å². The molecule has 17 heavy (non-hydrogen) atoms. The lowest BCUT2D eigenvalue weighted by molar-refractivity contribution is 0.0689. The highest BCUT2D eigenvalue weighted by atomic mass is 16.5. The molecule has 0 aliphatic rings. The lowest BCUT2D eigenvalue weighted by atomic mass is 10.2. The van der Waals surface area contributed by atoms with E-state index in [2.05, 4.69) is 18.8 Å². The molecule has 0 radical (unpaired) electrons. The van der Waals surface area contributed by atoms with Gasteiger partial charge in [-0.25, -0.2) is 9.78 Å². The van der Waals surface area contributed by atoms with Crippen molar-refractivity contribution in [2.24, 2.45) is 5.92 Å². The summed E-state index contributed by atoms with van der Waals surface area (Å²) in [5, 5.41) is 8.65. The third-order valence-corrected chi connectivity index (χ3v) is 1.90. The Kier molecular flexibility index (Phi) is 5.42. The van der Waals surface area contributed by atoms with Crippen LogP contribution in [0.4, 0.5) is 0 Å². The Morgan fingerprint density at radius 2 is 2.18 bits per heavy atom. The van der Waals surface area contributed by atoms with Gasteiger partial charge in [0.25, 0.3) is 0 Å². The maximum absolute atomic E-state index is 10.6. The monoisotopic (exact) mass is 239 g/mol. The first-order valence-corrected chi connectivity index (χ1v) is 5.49. The number of carboxylic acid groups (broad SMARTS) is 1. The highest BCUT2D eigenvalue weighted by molar-refractivity contribution is 5.85. The van der Waals surface area contributed by atoms with Crippen LogP contribution in [0.5, 0.6) is 5.75 Å². The molecular formula is C12H17NO4. The number of pyridine rings is 1. The van der Waals surface area contributed by atoms with Gasteiger partial charge in [-0.15, -0.1) is 0 Å². The van der Waals surface area contributed by atoms with Gasteiger partial charge in [0.05, 0.1) is 12.8 Å². The summed E-state index contributed by atoms with van der Waals surface area (Å²) in [6.07, 6.45) is 1.39. The normalized spacial score (nSPS) is 10.5. The topological polar surface area (TPSA) is 68.7 Å². The summed E-state index contributed by atoms with van der Waals surface area (Å²) in [7, 11) is 0. The molecule has 5 heteroatoms. The van der Waals surface area contributed by atoms with E-state index in [1.807, 2.05) is 0 Å². The average molecular weight is 239 g/mol. The molecule has 1 rings (SSSR count). The Morgan fingerprint density at radius 3 is 2.71 bits per heavy atom. The molecule has 1 aromatic rings. The number of hydrogen-bond donors (Lipinski definition) is 1. The number of rotatable bonds is 7. The number of aromatic nitrogens is 1. The number of nitrogens with zero attached hydrogens (tertiary/aromatic N) is 1. The quantitative estimate of drug-likeness (QED) is 0.735. The fraction of sp³-hybridized carbons (Fsp3) is 0.500. The predicted molar refractivity (Wildman–Crippen MR) is 62.3 cm³/mol. The van der Waals surface area contributed by atoms with Crippen LogP contribution >= 0.6 is 0 Å². The SMILES string of the molecule is CC(C)COCCOc1ccc(C(=O)O)nc1. The number of ether oxygens (including phenoxy) is 2. The third-order valence-electron chi connectivity index (χ3n) is 1.90. The van der Waals surface area contributed by atoms with Gasteiger partial charge in [0.2, 0.25) is 0 Å². The first-order chi connectivity index (χ1) is 8.09. The van der Waals surface area contributed by atoms with Crippen molar-refractivity contribution in [2.75, 3.05) is 19.8 Å². The Morgan fingerprint density at radius 1 is 1.41 bits per heavy atom. The van der Waals surface area contributed by atoms with Crippen molar-refractivity contribution in [1.29, 1.82) is 0 Å². The summed E-state index contributed by atoms with van der Waals surface area (Å²) in [5.74, 6) is 0.00600. The second-order valence-electron chi connectivity index (χ2n) is 4.00. The molecule has 0 spiro atoms. The van der Waals surface area contributed by atoms with Crippen LogP contribution in [0.15, 0.2) is 18.3 Å². The standard InChI is InChI=1S/C12H17NO4/c1-9(2)8-16-5-6-17-10-3-4-11(12(14)15)13-7-10/h3-4,7,9H,5-6,8H2,1-2H3,(H,14,15). The smallest absolute Gasteiger partial charge is 0.354 e. The van der Waals surface area contributed by atoms with Crippen molar-refractivity contribution in [2.45, 2.75) is 13.8 Å². The van der Waals surface area contributed by atoms with E-state index in [1.54, 1.807) is 6.07 Å². The molecule has 0 aliphatic heterocycles. The zero-order chi connectivity index (χ0) is 12.7. The number of carbonyl (C=O) groups is 1. The van der Waals surface area contributed by atoms with E-state index in [0.29, 0.717) is 31.5 Å². The second kappa shape index (κ2) is 6.85. The second-order valence-corrected chi connectivity index (χ2v) is 4.00. The van der Waals surface area contributed by atoms with Crippen molar-refractivity contribution in [1.82, 2.24) is 4.98 Å². The van der Waals surface area contributed by atoms with Gasteiger partial charge in [0, 0.05) is 6.61 Å². The molecule has 1 aromatic heterocycles. The van der Waals surface area contributed by atoms with Gasteiger partial charge >= 0.3 is 5.97 Å². The molecule has 0 fully saturated rings. The summed E-state index contributed by atoms with van der Waals surface area (Å²) in [6.45, 7) is 5.81. The van der Waals surface area contributed by atoms with Gasteiger partial charge in [0.1, 0.15) is 18.1 Å². The van der Waals surface area contributed by atoms with E-state index in [0.717, 1.165) is 0 Å². The Balaban J connectivity index is 2.25. The molecule has 0 bridgehead atoms. The summed E-state index contributed by atoms with van der Waals surface area (Å²) in [5.41, 5.74) is 0.00778. The molecule has 94 valence electrons. The summed E-state index contributed by atoms with van der Waals surface area (Å²) < 4.78 is 10.7. The molecule has 0 aromatic carbocycles. The van der Waals surface area contributed by atoms with Crippen molar-refractivity contribution < 1.29 is 19.4 Å². The van der Waals surface area contributed by atoms with Gasteiger partial charge in [-0.05, 0) is 18.1 Å². The van der Waals surface area contributed by atoms with Crippen LogP contribution in [0.1, 0.15) is 24.3 Å². The lowest BCUT2D eigenvalue weighted by Gasteiger charge is -2.08. The first kappa shape index (κ1) is 13.4. The van der Waals surface area contributed by atoms with Crippen molar-refractivity contribution in [3.63, 3.8) is 0 Å². The highest BCUT2D eigenvalue weighted by Crippen LogP contribution is 2.08. The van der Waals surface area contributed by atoms with Crippen LogP contribution in [-0.4, -0.2) is 35.9 Å². The van der Waals surface area contributed by atoms with Crippen LogP contribution in [0.25, 0.3) is 0 Å². The van der Waals surface area contributed by atoms with Crippen LogP contribution in [0.3, 0.4) is 0 Å². The fourth-order valence-electron chi connectivity index (χ4n) is 1.13. The highest BCUT2D eigenvalue weighted by Gasteiger charge is 2.03. The van der Waals surface area contributed by atoms with E-state index in [-0.39, 0.29) is 5.69 Å². The molecule has 0 amide bonds. The van der Waals surface area contributed by atoms with Gasteiger partial charge in [-0.3, -0.25) is 0 Å². The molecular weight excluding hydrogens is 222 g/mol. The van der Waals surface area contributed by atoms with Crippen LogP contribution in [-0.2, 0) is 4.74 Å². The Bertz CT molecular complexity index is 348. The van der Waals surface area contributed by atoms with E-state index in [1.165, 1.54) is 12.3 Å². The minimum atomic E-state index is -1.04. The minimum absolute atomic E-state index is 0.00778. The van der Waals surface area contributed by atoms with Crippen LogP contribution < -0.4 is 4.74 Å². The van der Waals surface area contributed by atoms with Gasteiger partial charge in [-0.2, -0.15) is 0 Å². The minimum Gasteiger partial charge on any atom is -0.490 e. The maximum atomic E-state index is 10.6. The largest absolute Gasteiger partial charge is 0.490 e. The fourth-order valence-corrected chi connectivity index (χ4v) is 1.13. The van der Waals surface area contributed by atoms with Gasteiger partial charge in [-0.1, -0.05) is 13.8 Å². The van der Waals surface area contributed by atoms with Crippen LogP contribution in [0.2, 0.25) is 0 Å². The summed E-state index contributed by atoms with van der Waals surface area (Å²) in [6, 6.07) is 2.99. The number of hydrogen-bond acceptors (Lipinski definition) is 4. The maximum Gasteiger partial charge on any atom is 0.354 e. The molecule has 1 heterocycles. The lowest BCUT2D eigenvalue weighted by Crippen LogP contribution is -2.10. The predicted octanol–water partition coefficient (Wildman–Crippen LogP) is 1.83. The Labute approximate surface area is 100 Å². The number of aromatic carboxylic acids is 1. The van der Waals surface area contributed by atoms with E-state index < -0.39 is 5.97 Å². The Hall–Kier alpha value is -1.62. The van der Waals surface area contributed by atoms with Crippen LogP contribution in [0, 0.1) is 5.92 Å². The van der Waals surface area contributed by atoms with E-state index >= 15 is 0 Å². The number of carboxylic acids is 1. The van der Waals surface area contributed by atoms with E-state index in [4.69, 9.17) is 14.6 Å². The molecule has 0 unspecified atom stereocenters. The third kappa shape index (κ3) is 5.31. The molecule has 5 nitrogen and oxygen atoms in total.